The zero-order valence-electron chi connectivity index (χ0n) is 13.8. The van der Waals surface area contributed by atoms with Crippen LogP contribution in [0.15, 0.2) is 30.0 Å². The first kappa shape index (κ1) is 19.1. The molecule has 0 amide bonds. The lowest BCUT2D eigenvalue weighted by atomic mass is 10.1. The molecule has 0 aliphatic rings. The van der Waals surface area contributed by atoms with E-state index in [2.05, 4.69) is 14.8 Å². The number of ether oxygens (including phenoxy) is 2. The number of rotatable bonds is 8. The highest BCUT2D eigenvalue weighted by molar-refractivity contribution is 5.99. The zero-order chi connectivity index (χ0) is 18.1. The number of nitro benzene ring substituents is 1. The molecule has 130 valence electrons. The Hall–Kier alpha value is -2.90. The summed E-state index contributed by atoms with van der Waals surface area (Å²) < 4.78 is 9.02. The summed E-state index contributed by atoms with van der Waals surface area (Å²) in [6.45, 7) is 2.03. The number of aryl methyl sites for hydroxylation is 1. The van der Waals surface area contributed by atoms with Gasteiger partial charge in [0.15, 0.2) is 0 Å². The molecule has 0 aromatic heterocycles. The van der Waals surface area contributed by atoms with Crippen molar-refractivity contribution in [2.45, 2.75) is 26.2 Å². The summed E-state index contributed by atoms with van der Waals surface area (Å²) >= 11 is 0. The smallest absolute Gasteiger partial charge is 0.354 e. The number of hydrogen-bond acceptors (Lipinski definition) is 7. The minimum atomic E-state index is -0.843. The molecule has 1 aromatic carbocycles. The SMILES string of the molecule is CCCCc1ccc(N/C(=C/C(=O)OC)C(=O)OC)c([N+](=O)[O-])c1. The number of carbonyl (C=O) groups excluding carboxylic acids is 2. The van der Waals surface area contributed by atoms with Crippen LogP contribution in [-0.2, 0) is 25.5 Å². The fraction of sp³-hybridized carbons (Fsp3) is 0.375. The maximum Gasteiger partial charge on any atom is 0.354 e. The fourth-order valence-corrected chi connectivity index (χ4v) is 1.95. The molecule has 0 heterocycles. The van der Waals surface area contributed by atoms with Crippen LogP contribution in [0.4, 0.5) is 11.4 Å². The van der Waals surface area contributed by atoms with Crippen molar-refractivity contribution in [2.24, 2.45) is 0 Å². The second kappa shape index (κ2) is 9.29. The van der Waals surface area contributed by atoms with Crippen LogP contribution in [0.1, 0.15) is 25.3 Å². The molecule has 0 saturated carbocycles. The highest BCUT2D eigenvalue weighted by Crippen LogP contribution is 2.27. The van der Waals surface area contributed by atoms with E-state index in [0.29, 0.717) is 0 Å². The summed E-state index contributed by atoms with van der Waals surface area (Å²) in [5.74, 6) is -1.63. The van der Waals surface area contributed by atoms with Gasteiger partial charge in [-0.3, -0.25) is 10.1 Å². The number of unbranched alkanes of at least 4 members (excludes halogenated alkanes) is 1. The first-order chi connectivity index (χ1) is 11.4. The Morgan fingerprint density at radius 3 is 2.54 bits per heavy atom. The normalized spacial score (nSPS) is 10.9. The van der Waals surface area contributed by atoms with Gasteiger partial charge >= 0.3 is 11.9 Å². The van der Waals surface area contributed by atoms with Crippen molar-refractivity contribution >= 4 is 23.3 Å². The van der Waals surface area contributed by atoms with Crippen molar-refractivity contribution in [3.63, 3.8) is 0 Å². The highest BCUT2D eigenvalue weighted by Gasteiger charge is 2.19. The van der Waals surface area contributed by atoms with Crippen molar-refractivity contribution in [1.29, 1.82) is 0 Å². The standard InChI is InChI=1S/C16H20N2O6/c1-4-5-6-11-7-8-12(14(9-11)18(21)22)17-13(16(20)24-3)10-15(19)23-2/h7-10,17H,4-6H2,1-3H3/b13-10+. The van der Waals surface area contributed by atoms with Crippen LogP contribution in [0.3, 0.4) is 0 Å². The number of methoxy groups -OCH3 is 2. The molecule has 1 aromatic rings. The van der Waals surface area contributed by atoms with Gasteiger partial charge in [0.2, 0.25) is 0 Å². The lowest BCUT2D eigenvalue weighted by molar-refractivity contribution is -0.384. The van der Waals surface area contributed by atoms with E-state index in [0.717, 1.165) is 45.1 Å². The van der Waals surface area contributed by atoms with Crippen molar-refractivity contribution in [3.8, 4) is 0 Å². The van der Waals surface area contributed by atoms with Gasteiger partial charge in [0, 0.05) is 6.07 Å². The number of nitro groups is 1. The van der Waals surface area contributed by atoms with Crippen molar-refractivity contribution < 1.29 is 24.0 Å². The van der Waals surface area contributed by atoms with E-state index in [4.69, 9.17) is 0 Å². The maximum atomic E-state index is 11.7. The van der Waals surface area contributed by atoms with Crippen molar-refractivity contribution in [3.05, 3.63) is 45.6 Å². The van der Waals surface area contributed by atoms with E-state index in [-0.39, 0.29) is 17.1 Å². The van der Waals surface area contributed by atoms with Gasteiger partial charge in [-0.05, 0) is 24.5 Å². The second-order valence-electron chi connectivity index (χ2n) is 4.91. The van der Waals surface area contributed by atoms with Crippen LogP contribution in [0.5, 0.6) is 0 Å². The van der Waals surface area contributed by atoms with Crippen LogP contribution in [0, 0.1) is 10.1 Å². The molecule has 0 spiro atoms. The predicted octanol–water partition coefficient (Wildman–Crippen LogP) is 2.58. The van der Waals surface area contributed by atoms with E-state index in [1.54, 1.807) is 6.07 Å². The third-order valence-electron chi connectivity index (χ3n) is 3.22. The van der Waals surface area contributed by atoms with E-state index in [1.165, 1.54) is 12.1 Å². The number of nitrogens with one attached hydrogen (secondary N) is 1. The Morgan fingerprint density at radius 1 is 1.29 bits per heavy atom. The molecule has 8 heteroatoms. The number of benzene rings is 1. The molecule has 1 rings (SSSR count). The van der Waals surface area contributed by atoms with Gasteiger partial charge in [0.05, 0.1) is 25.2 Å². The van der Waals surface area contributed by atoms with Crippen molar-refractivity contribution in [2.75, 3.05) is 19.5 Å². The van der Waals surface area contributed by atoms with E-state index in [1.807, 2.05) is 6.92 Å². The minimum Gasteiger partial charge on any atom is -0.466 e. The first-order valence-corrected chi connectivity index (χ1v) is 7.35. The average molecular weight is 336 g/mol. The number of hydrogen-bond donors (Lipinski definition) is 1. The number of anilines is 1. The molecule has 0 saturated heterocycles. The molecule has 0 fully saturated rings. The molecule has 1 N–H and O–H groups in total. The van der Waals surface area contributed by atoms with Crippen molar-refractivity contribution in [1.82, 2.24) is 0 Å². The summed E-state index contributed by atoms with van der Waals surface area (Å²) in [4.78, 5) is 33.8. The Morgan fingerprint density at radius 2 is 2.00 bits per heavy atom. The van der Waals surface area contributed by atoms with Crippen LogP contribution in [0.2, 0.25) is 0 Å². The molecule has 0 atom stereocenters. The lowest BCUT2D eigenvalue weighted by Gasteiger charge is -2.10. The number of esters is 2. The summed E-state index contributed by atoms with van der Waals surface area (Å²) in [6.07, 6.45) is 3.49. The maximum absolute atomic E-state index is 11.7. The summed E-state index contributed by atoms with van der Waals surface area (Å²) in [6, 6.07) is 4.68. The molecule has 0 aliphatic carbocycles. The molecule has 0 unspecified atom stereocenters. The third-order valence-corrected chi connectivity index (χ3v) is 3.22. The Kier molecular flexibility index (Phi) is 7.41. The predicted molar refractivity (Wildman–Crippen MR) is 87.4 cm³/mol. The van der Waals surface area contributed by atoms with Gasteiger partial charge in [-0.2, -0.15) is 0 Å². The van der Waals surface area contributed by atoms with Crippen LogP contribution in [0.25, 0.3) is 0 Å². The van der Waals surface area contributed by atoms with E-state index >= 15 is 0 Å². The quantitative estimate of drug-likeness (QED) is 0.336. The topological polar surface area (TPSA) is 108 Å². The molecule has 0 aliphatic heterocycles. The van der Waals surface area contributed by atoms with Gasteiger partial charge in [-0.1, -0.05) is 19.4 Å². The first-order valence-electron chi connectivity index (χ1n) is 7.35. The minimum absolute atomic E-state index is 0.0841. The Bertz CT molecular complexity index is 654. The van der Waals surface area contributed by atoms with Gasteiger partial charge < -0.3 is 14.8 Å². The average Bonchev–Trinajstić information content (AvgIpc) is 2.58. The zero-order valence-corrected chi connectivity index (χ0v) is 13.8. The Balaban J connectivity index is 3.18. The van der Waals surface area contributed by atoms with Crippen LogP contribution >= 0.6 is 0 Å². The molecule has 0 bridgehead atoms. The summed E-state index contributed by atoms with van der Waals surface area (Å²) in [5.41, 5.74) is 0.462. The van der Waals surface area contributed by atoms with Gasteiger partial charge in [-0.15, -0.1) is 0 Å². The monoisotopic (exact) mass is 336 g/mol. The molecular formula is C16H20N2O6. The molecule has 24 heavy (non-hydrogen) atoms. The largest absolute Gasteiger partial charge is 0.466 e. The number of nitrogens with zero attached hydrogens (tertiary/aromatic N) is 1. The highest BCUT2D eigenvalue weighted by atomic mass is 16.6. The number of carbonyl (C=O) groups is 2. The van der Waals surface area contributed by atoms with Crippen LogP contribution < -0.4 is 5.32 Å². The second-order valence-corrected chi connectivity index (χ2v) is 4.91. The van der Waals surface area contributed by atoms with E-state index in [9.17, 15) is 19.7 Å². The molecule has 0 radical (unpaired) electrons. The fourth-order valence-electron chi connectivity index (χ4n) is 1.95. The van der Waals surface area contributed by atoms with Crippen LogP contribution in [-0.4, -0.2) is 31.1 Å². The molecule has 8 nitrogen and oxygen atoms in total. The summed E-state index contributed by atoms with van der Waals surface area (Å²) in [7, 11) is 2.29. The van der Waals surface area contributed by atoms with Gasteiger partial charge in [0.25, 0.3) is 5.69 Å². The third kappa shape index (κ3) is 5.38. The lowest BCUT2D eigenvalue weighted by Crippen LogP contribution is -2.16. The van der Waals surface area contributed by atoms with Gasteiger partial charge in [-0.25, -0.2) is 9.59 Å². The Labute approximate surface area is 139 Å². The van der Waals surface area contributed by atoms with E-state index < -0.39 is 16.9 Å². The summed E-state index contributed by atoms with van der Waals surface area (Å²) in [5, 5.41) is 13.9. The van der Waals surface area contributed by atoms with Gasteiger partial charge in [0.1, 0.15) is 11.4 Å². The molecular weight excluding hydrogens is 316 g/mol.